The van der Waals surface area contributed by atoms with Crippen LogP contribution in [0.3, 0.4) is 0 Å². The molecule has 0 spiro atoms. The molecule has 0 bridgehead atoms. The summed E-state index contributed by atoms with van der Waals surface area (Å²) in [6, 6.07) is 32.0. The molecule has 5 aromatic rings. The molecule has 202 valence electrons. The van der Waals surface area contributed by atoms with Crippen LogP contribution in [-0.4, -0.2) is 51.3 Å². The molecule has 3 heterocycles. The van der Waals surface area contributed by atoms with Crippen LogP contribution in [-0.2, 0) is 4.79 Å². The number of imidazole rings is 1. The molecule has 1 unspecified atom stereocenters. The van der Waals surface area contributed by atoms with E-state index in [4.69, 9.17) is 0 Å². The average molecular weight is 533 g/mol. The molecule has 1 aliphatic rings. The zero-order chi connectivity index (χ0) is 27.5. The molecule has 1 amide bonds. The van der Waals surface area contributed by atoms with Gasteiger partial charge >= 0.3 is 0 Å². The minimum atomic E-state index is -0.439. The second-order valence-electron chi connectivity index (χ2n) is 10.5. The van der Waals surface area contributed by atoms with Gasteiger partial charge in [0.2, 0.25) is 5.91 Å². The van der Waals surface area contributed by atoms with E-state index in [0.29, 0.717) is 18.7 Å². The van der Waals surface area contributed by atoms with Crippen molar-refractivity contribution in [3.8, 4) is 0 Å². The van der Waals surface area contributed by atoms with Gasteiger partial charge in [-0.15, -0.1) is 0 Å². The molecule has 5 nitrogen and oxygen atoms in total. The van der Waals surface area contributed by atoms with E-state index < -0.39 is 5.92 Å². The molecule has 0 saturated carbocycles. The Balaban J connectivity index is 1.23. The van der Waals surface area contributed by atoms with Crippen LogP contribution < -0.4 is 0 Å². The maximum atomic E-state index is 15.1. The monoisotopic (exact) mass is 532 g/mol. The number of piperazine rings is 1. The Morgan fingerprint density at radius 1 is 0.850 bits per heavy atom. The van der Waals surface area contributed by atoms with Crippen LogP contribution in [0.1, 0.15) is 46.3 Å². The summed E-state index contributed by atoms with van der Waals surface area (Å²) in [4.78, 5) is 22.7. The second kappa shape index (κ2) is 11.4. The molecule has 3 aromatic carbocycles. The van der Waals surface area contributed by atoms with Gasteiger partial charge in [0.25, 0.3) is 0 Å². The highest BCUT2D eigenvalue weighted by atomic mass is 19.1. The highest BCUT2D eigenvalue weighted by Crippen LogP contribution is 2.33. The summed E-state index contributed by atoms with van der Waals surface area (Å²) in [6.45, 7) is 4.81. The molecule has 40 heavy (non-hydrogen) atoms. The van der Waals surface area contributed by atoms with Gasteiger partial charge in [-0.05, 0) is 47.4 Å². The molecule has 6 heteroatoms. The number of benzene rings is 3. The molecule has 2 aromatic heterocycles. The van der Waals surface area contributed by atoms with Crippen molar-refractivity contribution in [1.29, 1.82) is 0 Å². The lowest BCUT2D eigenvalue weighted by Gasteiger charge is -2.40. The third-order valence-electron chi connectivity index (χ3n) is 7.98. The Bertz CT molecular complexity index is 1550. The van der Waals surface area contributed by atoms with Crippen LogP contribution in [0.5, 0.6) is 0 Å². The highest BCUT2D eigenvalue weighted by molar-refractivity contribution is 5.78. The molecule has 0 N–H and O–H groups in total. The molecule has 0 radical (unpaired) electrons. The maximum Gasteiger partial charge on any atom is 0.223 e. The largest absolute Gasteiger partial charge is 0.340 e. The molecule has 1 fully saturated rings. The second-order valence-corrected chi connectivity index (χ2v) is 10.5. The van der Waals surface area contributed by atoms with Crippen LogP contribution in [0, 0.1) is 12.7 Å². The highest BCUT2D eigenvalue weighted by Gasteiger charge is 2.31. The van der Waals surface area contributed by atoms with E-state index in [-0.39, 0.29) is 24.2 Å². The van der Waals surface area contributed by atoms with Gasteiger partial charge in [0, 0.05) is 50.9 Å². The number of pyridine rings is 1. The van der Waals surface area contributed by atoms with Crippen molar-refractivity contribution in [2.24, 2.45) is 0 Å². The van der Waals surface area contributed by atoms with Crippen molar-refractivity contribution in [3.05, 3.63) is 143 Å². The van der Waals surface area contributed by atoms with Gasteiger partial charge in [0.1, 0.15) is 11.5 Å². The first-order valence-corrected chi connectivity index (χ1v) is 13.9. The SMILES string of the molecule is Cc1ccn2c(C(CC(=O)N3CCN(C(c4ccccc4)c4ccccc4)CC3)c3ccccc3F)cnc2c1. The standard InChI is InChI=1S/C34H33FN4O/c1-25-16-17-39-31(24-36-32(39)22-25)29(28-14-8-9-15-30(28)35)23-33(40)37-18-20-38(21-19-37)34(26-10-4-2-5-11-26)27-12-6-3-7-13-27/h2-17,22,24,29,34H,18-21,23H2,1H3. The number of rotatable bonds is 7. The first-order valence-electron chi connectivity index (χ1n) is 13.9. The number of aromatic nitrogens is 2. The van der Waals surface area contributed by atoms with Gasteiger partial charge in [0.15, 0.2) is 0 Å². The van der Waals surface area contributed by atoms with Crippen molar-refractivity contribution in [3.63, 3.8) is 0 Å². The zero-order valence-corrected chi connectivity index (χ0v) is 22.7. The van der Waals surface area contributed by atoms with Gasteiger partial charge < -0.3 is 9.30 Å². The summed E-state index contributed by atoms with van der Waals surface area (Å²) < 4.78 is 17.1. The van der Waals surface area contributed by atoms with Crippen LogP contribution in [0.2, 0.25) is 0 Å². The van der Waals surface area contributed by atoms with Crippen LogP contribution >= 0.6 is 0 Å². The van der Waals surface area contributed by atoms with E-state index in [0.717, 1.165) is 30.0 Å². The number of carbonyl (C=O) groups is 1. The summed E-state index contributed by atoms with van der Waals surface area (Å²) in [7, 11) is 0. The van der Waals surface area contributed by atoms with Crippen LogP contribution in [0.25, 0.3) is 5.65 Å². The quantitative estimate of drug-likeness (QED) is 0.249. The van der Waals surface area contributed by atoms with Crippen LogP contribution in [0.4, 0.5) is 4.39 Å². The van der Waals surface area contributed by atoms with Crippen LogP contribution in [0.15, 0.2) is 109 Å². The topological polar surface area (TPSA) is 40.9 Å². The number of fused-ring (bicyclic) bond motifs is 1. The number of aryl methyl sites for hydroxylation is 1. The fraction of sp³-hybridized carbons (Fsp3) is 0.235. The Labute approximate surface area is 234 Å². The third-order valence-corrected chi connectivity index (χ3v) is 7.98. The Hall–Kier alpha value is -4.29. The third kappa shape index (κ3) is 5.27. The first-order chi connectivity index (χ1) is 19.6. The number of amides is 1. The lowest BCUT2D eigenvalue weighted by molar-refractivity contribution is -0.133. The predicted molar refractivity (Wildman–Crippen MR) is 156 cm³/mol. The van der Waals surface area contributed by atoms with E-state index in [1.54, 1.807) is 18.3 Å². The van der Waals surface area contributed by atoms with Gasteiger partial charge in [-0.3, -0.25) is 9.69 Å². The predicted octanol–water partition coefficient (Wildman–Crippen LogP) is 6.24. The van der Waals surface area contributed by atoms with Crippen molar-refractivity contribution in [1.82, 2.24) is 19.2 Å². The molecule has 1 aliphatic heterocycles. The zero-order valence-electron chi connectivity index (χ0n) is 22.7. The lowest BCUT2D eigenvalue weighted by atomic mass is 9.91. The summed E-state index contributed by atoms with van der Waals surface area (Å²) >= 11 is 0. The average Bonchev–Trinajstić information content (AvgIpc) is 3.40. The maximum absolute atomic E-state index is 15.1. The summed E-state index contributed by atoms with van der Waals surface area (Å²) in [6.07, 6.45) is 3.92. The van der Waals surface area contributed by atoms with E-state index in [2.05, 4.69) is 58.4 Å². The van der Waals surface area contributed by atoms with Crippen molar-refractivity contribution >= 4 is 11.6 Å². The number of hydrogen-bond acceptors (Lipinski definition) is 3. The Morgan fingerprint density at radius 3 is 2.12 bits per heavy atom. The minimum absolute atomic E-state index is 0.0333. The van der Waals surface area contributed by atoms with Crippen molar-refractivity contribution < 1.29 is 9.18 Å². The van der Waals surface area contributed by atoms with Gasteiger partial charge in [0.05, 0.1) is 11.7 Å². The van der Waals surface area contributed by atoms with E-state index in [9.17, 15) is 4.79 Å². The van der Waals surface area contributed by atoms with Crippen molar-refractivity contribution in [2.45, 2.75) is 25.3 Å². The molecule has 6 rings (SSSR count). The van der Waals surface area contributed by atoms with Crippen molar-refractivity contribution in [2.75, 3.05) is 26.2 Å². The summed E-state index contributed by atoms with van der Waals surface area (Å²) in [5, 5.41) is 0. The van der Waals surface area contributed by atoms with E-state index >= 15 is 4.39 Å². The Kier molecular flexibility index (Phi) is 7.43. The molecule has 1 atom stereocenters. The fourth-order valence-electron chi connectivity index (χ4n) is 5.91. The number of nitrogens with zero attached hydrogens (tertiary/aromatic N) is 4. The van der Waals surface area contributed by atoms with Gasteiger partial charge in [-0.25, -0.2) is 9.37 Å². The minimum Gasteiger partial charge on any atom is -0.340 e. The van der Waals surface area contributed by atoms with E-state index in [1.807, 2.05) is 52.8 Å². The Morgan fingerprint density at radius 2 is 1.48 bits per heavy atom. The molecule has 1 saturated heterocycles. The van der Waals surface area contributed by atoms with Gasteiger partial charge in [-0.2, -0.15) is 0 Å². The lowest BCUT2D eigenvalue weighted by Crippen LogP contribution is -2.50. The smallest absolute Gasteiger partial charge is 0.223 e. The number of halogens is 1. The molecular formula is C34H33FN4O. The summed E-state index contributed by atoms with van der Waals surface area (Å²) in [5.41, 5.74) is 5.73. The normalized spacial score (nSPS) is 15.0. The number of carbonyl (C=O) groups excluding carboxylic acids is 1. The first kappa shape index (κ1) is 26.0. The summed E-state index contributed by atoms with van der Waals surface area (Å²) in [5.74, 6) is -0.711. The number of hydrogen-bond donors (Lipinski definition) is 0. The van der Waals surface area contributed by atoms with E-state index in [1.165, 1.54) is 17.2 Å². The fourth-order valence-corrected chi connectivity index (χ4v) is 5.91. The molecular weight excluding hydrogens is 499 g/mol. The molecule has 0 aliphatic carbocycles. The van der Waals surface area contributed by atoms with Gasteiger partial charge in [-0.1, -0.05) is 78.9 Å².